The average molecular weight is 220 g/mol. The van der Waals surface area contributed by atoms with Gasteiger partial charge in [-0.25, -0.2) is 4.99 Å². The molecule has 0 aliphatic rings. The van der Waals surface area contributed by atoms with E-state index >= 15 is 0 Å². The third-order valence-electron chi connectivity index (χ3n) is 2.73. The number of nitrogens with zero attached hydrogens (tertiary/aromatic N) is 4. The van der Waals surface area contributed by atoms with Crippen LogP contribution in [0.4, 0.5) is 0 Å². The van der Waals surface area contributed by atoms with Gasteiger partial charge in [0.1, 0.15) is 5.69 Å². The Morgan fingerprint density at radius 1 is 1.62 bits per heavy atom. The smallest absolute Gasteiger partial charge is 0.174 e. The van der Waals surface area contributed by atoms with Crippen LogP contribution in [0.3, 0.4) is 0 Å². The largest absolute Gasteiger partial charge is 0.272 e. The van der Waals surface area contributed by atoms with Crippen molar-refractivity contribution in [2.24, 2.45) is 17.0 Å². The quantitative estimate of drug-likeness (QED) is 0.569. The number of aromatic nitrogens is 2. The maximum Gasteiger partial charge on any atom is 0.174 e. The fraction of sp³-hybridized carbons (Fsp3) is 0.583. The molecule has 1 rings (SSSR count). The molecular formula is C12H20N4. The van der Waals surface area contributed by atoms with E-state index in [0.717, 1.165) is 12.1 Å². The number of hydrogen-bond acceptors (Lipinski definition) is 2. The predicted octanol–water partition coefficient (Wildman–Crippen LogP) is 2.40. The van der Waals surface area contributed by atoms with E-state index in [9.17, 15) is 0 Å². The van der Waals surface area contributed by atoms with Crippen molar-refractivity contribution in [3.8, 4) is 0 Å². The van der Waals surface area contributed by atoms with Gasteiger partial charge in [0, 0.05) is 26.0 Å². The average Bonchev–Trinajstić information content (AvgIpc) is 2.67. The second kappa shape index (κ2) is 5.58. The lowest BCUT2D eigenvalue weighted by atomic mass is 10.0. The van der Waals surface area contributed by atoms with Crippen LogP contribution in [0.15, 0.2) is 16.1 Å². The minimum Gasteiger partial charge on any atom is -0.272 e. The molecule has 0 bridgehead atoms. The van der Waals surface area contributed by atoms with Crippen LogP contribution in [0, 0.1) is 0 Å². The SMILES string of the molecule is CC=NC(=NC)c1cc(C(C)CC)n(C)n1. The fourth-order valence-electron chi connectivity index (χ4n) is 1.62. The Labute approximate surface area is 97.1 Å². The third-order valence-corrected chi connectivity index (χ3v) is 2.73. The summed E-state index contributed by atoms with van der Waals surface area (Å²) < 4.78 is 1.92. The second-order valence-electron chi connectivity index (χ2n) is 3.82. The Bertz CT molecular complexity index is 401. The molecule has 0 saturated heterocycles. The van der Waals surface area contributed by atoms with E-state index in [1.54, 1.807) is 13.3 Å². The van der Waals surface area contributed by atoms with Crippen LogP contribution in [0.5, 0.6) is 0 Å². The summed E-state index contributed by atoms with van der Waals surface area (Å²) in [5.41, 5.74) is 2.07. The van der Waals surface area contributed by atoms with Crippen molar-refractivity contribution in [3.63, 3.8) is 0 Å². The van der Waals surface area contributed by atoms with Crippen molar-refractivity contribution in [2.75, 3.05) is 7.05 Å². The third kappa shape index (κ3) is 2.56. The summed E-state index contributed by atoms with van der Waals surface area (Å²) >= 11 is 0. The van der Waals surface area contributed by atoms with Crippen LogP contribution in [0.25, 0.3) is 0 Å². The molecule has 0 radical (unpaired) electrons. The highest BCUT2D eigenvalue weighted by molar-refractivity contribution is 6.01. The maximum absolute atomic E-state index is 4.44. The van der Waals surface area contributed by atoms with Crippen LogP contribution in [0.1, 0.15) is 44.5 Å². The van der Waals surface area contributed by atoms with Crippen molar-refractivity contribution in [2.45, 2.75) is 33.1 Å². The predicted molar refractivity (Wildman–Crippen MR) is 68.5 cm³/mol. The normalized spacial score (nSPS) is 14.7. The Hall–Kier alpha value is -1.45. The minimum absolute atomic E-state index is 0.509. The first-order valence-corrected chi connectivity index (χ1v) is 5.63. The molecule has 1 unspecified atom stereocenters. The topological polar surface area (TPSA) is 42.5 Å². The first-order valence-electron chi connectivity index (χ1n) is 5.63. The van der Waals surface area contributed by atoms with Gasteiger partial charge < -0.3 is 0 Å². The Balaban J connectivity index is 3.09. The first-order chi connectivity index (χ1) is 7.63. The molecule has 4 heteroatoms. The molecule has 4 nitrogen and oxygen atoms in total. The van der Waals surface area contributed by atoms with Crippen molar-refractivity contribution in [1.29, 1.82) is 0 Å². The molecule has 1 heterocycles. The zero-order chi connectivity index (χ0) is 12.1. The number of aliphatic imine (C=N–C) groups is 2. The van der Waals surface area contributed by atoms with E-state index in [2.05, 4.69) is 35.0 Å². The van der Waals surface area contributed by atoms with E-state index in [1.165, 1.54) is 5.69 Å². The molecule has 1 aromatic rings. The van der Waals surface area contributed by atoms with Gasteiger partial charge in [0.05, 0.1) is 0 Å². The molecular weight excluding hydrogens is 200 g/mol. The van der Waals surface area contributed by atoms with Crippen LogP contribution >= 0.6 is 0 Å². The molecule has 0 spiro atoms. The molecule has 0 saturated carbocycles. The van der Waals surface area contributed by atoms with Gasteiger partial charge in [-0.3, -0.25) is 9.67 Å². The molecule has 0 fully saturated rings. The Morgan fingerprint density at radius 2 is 2.31 bits per heavy atom. The molecule has 16 heavy (non-hydrogen) atoms. The molecule has 1 atom stereocenters. The molecule has 0 aromatic carbocycles. The lowest BCUT2D eigenvalue weighted by molar-refractivity contribution is 0.624. The van der Waals surface area contributed by atoms with Gasteiger partial charge in [-0.05, 0) is 25.3 Å². The van der Waals surface area contributed by atoms with Crippen LogP contribution in [0.2, 0.25) is 0 Å². The van der Waals surface area contributed by atoms with Gasteiger partial charge in [0.25, 0.3) is 0 Å². The Kier molecular flexibility index (Phi) is 4.40. The Morgan fingerprint density at radius 3 is 2.81 bits per heavy atom. The summed E-state index contributed by atoms with van der Waals surface area (Å²) in [5, 5.41) is 4.44. The first kappa shape index (κ1) is 12.6. The molecule has 0 aliphatic carbocycles. The second-order valence-corrected chi connectivity index (χ2v) is 3.82. The minimum atomic E-state index is 0.509. The van der Waals surface area contributed by atoms with Crippen molar-refractivity contribution < 1.29 is 0 Å². The van der Waals surface area contributed by atoms with E-state index in [4.69, 9.17) is 0 Å². The standard InChI is InChI=1S/C12H20N4/c1-6-9(3)11-8-10(15-16(11)5)12(13-4)14-7-2/h7-9H,6H2,1-5H3. The summed E-state index contributed by atoms with van der Waals surface area (Å²) in [6, 6.07) is 2.07. The monoisotopic (exact) mass is 220 g/mol. The van der Waals surface area contributed by atoms with Crippen LogP contribution in [-0.2, 0) is 7.05 Å². The zero-order valence-electron chi connectivity index (χ0n) is 10.7. The fourth-order valence-corrected chi connectivity index (χ4v) is 1.62. The number of amidine groups is 1. The molecule has 1 aromatic heterocycles. The highest BCUT2D eigenvalue weighted by Gasteiger charge is 2.13. The summed E-state index contributed by atoms with van der Waals surface area (Å²) in [7, 11) is 3.70. The van der Waals surface area contributed by atoms with Gasteiger partial charge in [-0.1, -0.05) is 13.8 Å². The van der Waals surface area contributed by atoms with Gasteiger partial charge in [-0.15, -0.1) is 0 Å². The summed E-state index contributed by atoms with van der Waals surface area (Å²) in [6.07, 6.45) is 2.84. The van der Waals surface area contributed by atoms with E-state index < -0.39 is 0 Å². The van der Waals surface area contributed by atoms with Crippen molar-refractivity contribution >= 4 is 12.1 Å². The highest BCUT2D eigenvalue weighted by Crippen LogP contribution is 2.19. The van der Waals surface area contributed by atoms with Gasteiger partial charge in [-0.2, -0.15) is 5.10 Å². The van der Waals surface area contributed by atoms with Crippen molar-refractivity contribution in [3.05, 3.63) is 17.5 Å². The van der Waals surface area contributed by atoms with E-state index in [1.807, 2.05) is 18.7 Å². The number of rotatable bonds is 3. The summed E-state index contributed by atoms with van der Waals surface area (Å²) in [6.45, 7) is 6.26. The zero-order valence-corrected chi connectivity index (χ0v) is 10.7. The molecule has 88 valence electrons. The maximum atomic E-state index is 4.44. The van der Waals surface area contributed by atoms with Gasteiger partial charge in [0.15, 0.2) is 5.84 Å². The van der Waals surface area contributed by atoms with Gasteiger partial charge in [0.2, 0.25) is 0 Å². The summed E-state index contributed by atoms with van der Waals surface area (Å²) in [5.74, 6) is 1.20. The van der Waals surface area contributed by atoms with E-state index in [-0.39, 0.29) is 0 Å². The summed E-state index contributed by atoms with van der Waals surface area (Å²) in [4.78, 5) is 8.33. The lowest BCUT2D eigenvalue weighted by Crippen LogP contribution is -2.02. The molecule has 0 aliphatic heterocycles. The molecule has 0 amide bonds. The highest BCUT2D eigenvalue weighted by atomic mass is 15.3. The van der Waals surface area contributed by atoms with Crippen LogP contribution in [-0.4, -0.2) is 28.9 Å². The number of hydrogen-bond donors (Lipinski definition) is 0. The van der Waals surface area contributed by atoms with Crippen molar-refractivity contribution in [1.82, 2.24) is 9.78 Å². The lowest BCUT2D eigenvalue weighted by Gasteiger charge is -2.07. The van der Waals surface area contributed by atoms with Crippen LogP contribution < -0.4 is 0 Å². The van der Waals surface area contributed by atoms with E-state index in [0.29, 0.717) is 11.8 Å². The number of aryl methyl sites for hydroxylation is 1. The van der Waals surface area contributed by atoms with Gasteiger partial charge >= 0.3 is 0 Å². The molecule has 0 N–H and O–H groups in total.